The molecule has 3 aromatic heterocycles. The van der Waals surface area contributed by atoms with Crippen LogP contribution in [0.1, 0.15) is 17.0 Å². The maximum Gasteiger partial charge on any atom is 0.160 e. The summed E-state index contributed by atoms with van der Waals surface area (Å²) in [4.78, 5) is 9.83. The van der Waals surface area contributed by atoms with Crippen LogP contribution in [0.15, 0.2) is 391 Å². The van der Waals surface area contributed by atoms with E-state index in [9.17, 15) is 0 Å². The van der Waals surface area contributed by atoms with Gasteiger partial charge < -0.3 is 23.4 Å². The van der Waals surface area contributed by atoms with Crippen LogP contribution in [0, 0.1) is 0 Å². The third-order valence-corrected chi connectivity index (χ3v) is 23.5. The molecule has 0 saturated heterocycles. The standard InChI is InChI=1S/C104H65N3O3/c1-2-21-64(22-3-1)76-34-18-37-91-83(76)35-19-57-106(91)93-53-51-86-85-50-49-81(67-42-40-66(41-43-67)75-28-8-9-29-77(75)71-46-55-96-88(60-71)84-32-12-13-39-95(84)108-96)102-99(85)98-89(61-72(62-97(98)109-102)79-30-10-11-31-82(79)90-36-14-15-56-105-90)87-52-54-94(104-101(87)100(86)103(93)110-104)107(73-47-44-63-20-4-5-24-68(63)59-73)92-38-17-26-69-58-70(45-48-80(69)92)78-33-16-25-65-23-6-7-27-74(65)78/h1-62,84,91,95H. The van der Waals surface area contributed by atoms with E-state index >= 15 is 0 Å². The van der Waals surface area contributed by atoms with Gasteiger partial charge in [0.05, 0.1) is 28.8 Å². The molecule has 2 aliphatic carbocycles. The molecule has 5 heterocycles. The van der Waals surface area contributed by atoms with Crippen molar-refractivity contribution in [3.8, 4) is 72.6 Å². The average molecular weight is 1400 g/mol. The van der Waals surface area contributed by atoms with Gasteiger partial charge in [-0.15, -0.1) is 0 Å². The van der Waals surface area contributed by atoms with E-state index in [0.29, 0.717) is 0 Å². The van der Waals surface area contributed by atoms with E-state index in [4.69, 9.17) is 18.6 Å². The molecule has 6 heteroatoms. The molecule has 110 heavy (non-hydrogen) atoms. The fraction of sp³-hybridized carbons (Fsp3) is 0.0288. The van der Waals surface area contributed by atoms with Gasteiger partial charge in [-0.3, -0.25) is 4.98 Å². The Balaban J connectivity index is 0.785. The molecule has 0 radical (unpaired) electrons. The van der Waals surface area contributed by atoms with Crippen LogP contribution in [0.25, 0.3) is 170 Å². The second-order valence-corrected chi connectivity index (χ2v) is 29.4. The number of benzene rings is 15. The van der Waals surface area contributed by atoms with Crippen molar-refractivity contribution in [1.82, 2.24) is 4.98 Å². The third kappa shape index (κ3) is 9.65. The van der Waals surface area contributed by atoms with Crippen LogP contribution in [-0.2, 0) is 0 Å². The van der Waals surface area contributed by atoms with Crippen molar-refractivity contribution in [1.29, 1.82) is 0 Å². The molecule has 0 N–H and O–H groups in total. The summed E-state index contributed by atoms with van der Waals surface area (Å²) in [7, 11) is 0. The molecule has 4 aliphatic rings. The number of hydrogen-bond acceptors (Lipinski definition) is 6. The highest BCUT2D eigenvalue weighted by Crippen LogP contribution is 2.55. The molecule has 0 saturated carbocycles. The number of ether oxygens (including phenoxy) is 1. The van der Waals surface area contributed by atoms with Gasteiger partial charge in [0.2, 0.25) is 0 Å². The van der Waals surface area contributed by atoms with E-state index in [2.05, 4.69) is 374 Å². The molecule has 0 fully saturated rings. The van der Waals surface area contributed by atoms with Gasteiger partial charge in [-0.05, 0) is 206 Å². The van der Waals surface area contributed by atoms with E-state index in [1.165, 1.54) is 44.2 Å². The molecule has 2 aliphatic heterocycles. The topological polar surface area (TPSA) is 54.9 Å². The Kier molecular flexibility index (Phi) is 13.9. The largest absolute Gasteiger partial charge is 0.485 e. The van der Waals surface area contributed by atoms with Crippen LogP contribution in [0.3, 0.4) is 0 Å². The molecule has 16 aromatic carbocycles. The number of pyridine rings is 1. The third-order valence-electron chi connectivity index (χ3n) is 23.5. The highest BCUT2D eigenvalue weighted by atomic mass is 16.5. The lowest BCUT2D eigenvalue weighted by Crippen LogP contribution is -2.34. The van der Waals surface area contributed by atoms with Crippen molar-refractivity contribution in [2.75, 3.05) is 9.80 Å². The summed E-state index contributed by atoms with van der Waals surface area (Å²) < 4.78 is 22.3. The van der Waals surface area contributed by atoms with Gasteiger partial charge in [0.15, 0.2) is 11.2 Å². The maximum absolute atomic E-state index is 8.17. The minimum Gasteiger partial charge on any atom is -0.485 e. The number of furan rings is 2. The van der Waals surface area contributed by atoms with Crippen LogP contribution in [0.5, 0.6) is 5.75 Å². The van der Waals surface area contributed by atoms with Crippen molar-refractivity contribution in [2.24, 2.45) is 0 Å². The summed E-state index contributed by atoms with van der Waals surface area (Å²) in [6.07, 6.45) is 24.0. The molecule has 514 valence electrons. The van der Waals surface area contributed by atoms with Crippen LogP contribution in [0.2, 0.25) is 0 Å². The zero-order chi connectivity index (χ0) is 72.1. The Morgan fingerprint density at radius 3 is 1.87 bits per heavy atom. The van der Waals surface area contributed by atoms with E-state index in [-0.39, 0.29) is 18.1 Å². The predicted molar refractivity (Wildman–Crippen MR) is 457 cm³/mol. The van der Waals surface area contributed by atoms with Crippen molar-refractivity contribution < 1.29 is 13.6 Å². The number of nitrogens with zero attached hydrogens (tertiary/aromatic N) is 3. The lowest BCUT2D eigenvalue weighted by atomic mass is 9.86. The molecule has 0 bridgehead atoms. The number of fused-ring (bicyclic) bond motifs is 9. The summed E-state index contributed by atoms with van der Waals surface area (Å²) in [6, 6.07) is 113. The number of rotatable bonds is 11. The van der Waals surface area contributed by atoms with Gasteiger partial charge in [0.1, 0.15) is 23.0 Å². The quantitative estimate of drug-likeness (QED) is 0.129. The lowest BCUT2D eigenvalue weighted by Gasteiger charge is -2.35. The Hall–Kier alpha value is -14.3. The summed E-state index contributed by atoms with van der Waals surface area (Å²) >= 11 is 0. The average Bonchev–Trinajstić information content (AvgIpc) is 1.50. The van der Waals surface area contributed by atoms with Crippen molar-refractivity contribution in [2.45, 2.75) is 18.1 Å². The first-order valence-corrected chi connectivity index (χ1v) is 37.9. The number of allylic oxidation sites excluding steroid dienone is 6. The number of anilines is 4. The molecule has 3 unspecified atom stereocenters. The second-order valence-electron chi connectivity index (χ2n) is 29.4. The minimum absolute atomic E-state index is 0.0204. The minimum atomic E-state index is -0.145. The Labute approximate surface area is 634 Å². The molecular formula is C104H65N3O3. The summed E-state index contributed by atoms with van der Waals surface area (Å²) in [6.45, 7) is 0. The Bertz CT molecular complexity index is 7270. The molecule has 19 aromatic rings. The molecule has 23 rings (SSSR count). The van der Waals surface area contributed by atoms with Crippen molar-refractivity contribution in [3.63, 3.8) is 0 Å². The zero-order valence-corrected chi connectivity index (χ0v) is 59.6. The Morgan fingerprint density at radius 1 is 0.345 bits per heavy atom. The van der Waals surface area contributed by atoms with E-state index in [1.54, 1.807) is 0 Å². The van der Waals surface area contributed by atoms with Gasteiger partial charge in [-0.1, -0.05) is 273 Å². The SMILES string of the molecule is C1=CC2Oc3ccc(-c4ccccc4-c4ccc(-c5ccc6c7ccc(N8C=CC=C9C(c%10ccccc%10)=CC=CC98)c8oc9c(N(c%10ccc%11ccccc%11c%10)c%10cccc%11cc(-c%12cccc%13ccccc%12%13)ccc%10%11)ccc(c%10cc(-c%11ccccc%11-c%11ccccn%11)cc%11oc5c6c%11%10)c9c87)cc4)cc3C2C=C1. The van der Waals surface area contributed by atoms with Crippen LogP contribution in [-0.4, -0.2) is 17.1 Å². The molecule has 3 atom stereocenters. The van der Waals surface area contributed by atoms with Gasteiger partial charge in [0.25, 0.3) is 0 Å². The number of hydrogen-bond donors (Lipinski definition) is 0. The van der Waals surface area contributed by atoms with Gasteiger partial charge in [0, 0.05) is 67.6 Å². The van der Waals surface area contributed by atoms with Crippen LogP contribution < -0.4 is 14.5 Å². The smallest absolute Gasteiger partial charge is 0.160 e. The predicted octanol–water partition coefficient (Wildman–Crippen LogP) is 27.8. The summed E-state index contributed by atoms with van der Waals surface area (Å²) in [5.74, 6) is 1.14. The van der Waals surface area contributed by atoms with Crippen molar-refractivity contribution >= 4 is 126 Å². The maximum atomic E-state index is 8.17. The Morgan fingerprint density at radius 2 is 1.01 bits per heavy atom. The van der Waals surface area contributed by atoms with Gasteiger partial charge in [-0.25, -0.2) is 0 Å². The zero-order valence-electron chi connectivity index (χ0n) is 59.6. The van der Waals surface area contributed by atoms with Crippen LogP contribution in [0.4, 0.5) is 22.7 Å². The normalized spacial score (nSPS) is 15.7. The van der Waals surface area contributed by atoms with Gasteiger partial charge >= 0.3 is 0 Å². The fourth-order valence-corrected chi connectivity index (χ4v) is 18.4. The molecular weight excluding hydrogens is 1340 g/mol. The molecule has 0 amide bonds. The summed E-state index contributed by atoms with van der Waals surface area (Å²) in [5.41, 5.74) is 24.8. The highest BCUT2D eigenvalue weighted by Gasteiger charge is 2.35. The monoisotopic (exact) mass is 1400 g/mol. The second kappa shape index (κ2) is 24.6. The van der Waals surface area contributed by atoms with E-state index in [1.807, 2.05) is 12.3 Å². The van der Waals surface area contributed by atoms with Gasteiger partial charge in [-0.2, -0.15) is 0 Å². The molecule has 0 spiro atoms. The molecule has 6 nitrogen and oxygen atoms in total. The summed E-state index contributed by atoms with van der Waals surface area (Å²) in [5, 5.41) is 15.3. The van der Waals surface area contributed by atoms with E-state index in [0.717, 1.165) is 171 Å². The number of aromatic nitrogens is 1. The lowest BCUT2D eigenvalue weighted by molar-refractivity contribution is 0.269. The first kappa shape index (κ1) is 61.9. The first-order chi connectivity index (χ1) is 54.5. The van der Waals surface area contributed by atoms with Crippen molar-refractivity contribution in [3.05, 3.63) is 393 Å². The van der Waals surface area contributed by atoms with E-state index < -0.39 is 0 Å². The fourth-order valence-electron chi connectivity index (χ4n) is 18.4. The highest BCUT2D eigenvalue weighted by molar-refractivity contribution is 6.39. The first-order valence-electron chi connectivity index (χ1n) is 37.9. The van der Waals surface area contributed by atoms with Crippen LogP contribution >= 0.6 is 0 Å².